The molecule has 3 rings (SSSR count). The van der Waals surface area contributed by atoms with E-state index in [-0.39, 0.29) is 5.69 Å². The summed E-state index contributed by atoms with van der Waals surface area (Å²) in [4.78, 5) is 14.8. The average molecular weight is 256 g/mol. The summed E-state index contributed by atoms with van der Waals surface area (Å²) in [6.07, 6.45) is 3.80. The number of hydrogen-bond donors (Lipinski definition) is 1. The molecule has 0 aliphatic rings. The van der Waals surface area contributed by atoms with Gasteiger partial charge in [-0.05, 0) is 26.0 Å². The number of H-pyrrole nitrogens is 1. The second-order valence-electron chi connectivity index (χ2n) is 4.96. The van der Waals surface area contributed by atoms with Gasteiger partial charge in [0.2, 0.25) is 0 Å². The normalized spacial score (nSPS) is 11.5. The van der Waals surface area contributed by atoms with E-state index in [9.17, 15) is 4.79 Å². The summed E-state index contributed by atoms with van der Waals surface area (Å²) >= 11 is 0. The van der Waals surface area contributed by atoms with E-state index in [0.29, 0.717) is 12.6 Å². The number of aromatic amines is 1. The molecule has 5 heteroatoms. The molecule has 1 N–H and O–H groups in total. The Morgan fingerprint density at radius 2 is 2.11 bits per heavy atom. The van der Waals surface area contributed by atoms with Gasteiger partial charge in [-0.15, -0.1) is 0 Å². The van der Waals surface area contributed by atoms with Gasteiger partial charge in [0.05, 0.1) is 23.8 Å². The van der Waals surface area contributed by atoms with Crippen LogP contribution in [0.2, 0.25) is 0 Å². The van der Waals surface area contributed by atoms with Crippen LogP contribution in [0, 0.1) is 0 Å². The van der Waals surface area contributed by atoms with Gasteiger partial charge in [0.25, 0.3) is 0 Å². The Morgan fingerprint density at radius 1 is 1.32 bits per heavy atom. The van der Waals surface area contributed by atoms with Gasteiger partial charge >= 0.3 is 5.69 Å². The summed E-state index contributed by atoms with van der Waals surface area (Å²) < 4.78 is 3.63. The van der Waals surface area contributed by atoms with Gasteiger partial charge in [0.15, 0.2) is 0 Å². The van der Waals surface area contributed by atoms with Crippen molar-refractivity contribution in [1.29, 1.82) is 0 Å². The van der Waals surface area contributed by atoms with Crippen LogP contribution in [-0.4, -0.2) is 19.3 Å². The molecule has 0 atom stereocenters. The Balaban J connectivity index is 2.00. The molecule has 0 bridgehead atoms. The molecule has 1 aromatic carbocycles. The molecule has 0 aliphatic carbocycles. The van der Waals surface area contributed by atoms with Gasteiger partial charge in [0, 0.05) is 17.8 Å². The number of nitrogens with one attached hydrogen (secondary N) is 1. The summed E-state index contributed by atoms with van der Waals surface area (Å²) in [6.45, 7) is 4.69. The van der Waals surface area contributed by atoms with Crippen LogP contribution in [0.3, 0.4) is 0 Å². The Morgan fingerprint density at radius 3 is 2.84 bits per heavy atom. The van der Waals surface area contributed by atoms with Crippen molar-refractivity contribution in [2.45, 2.75) is 26.4 Å². The quantitative estimate of drug-likeness (QED) is 0.780. The first-order valence-electron chi connectivity index (χ1n) is 6.36. The van der Waals surface area contributed by atoms with Crippen molar-refractivity contribution in [3.05, 3.63) is 52.7 Å². The van der Waals surface area contributed by atoms with E-state index in [2.05, 4.69) is 23.9 Å². The molecule has 0 amide bonds. The van der Waals surface area contributed by atoms with Gasteiger partial charge in [-0.25, -0.2) is 4.79 Å². The predicted molar refractivity (Wildman–Crippen MR) is 74.3 cm³/mol. The van der Waals surface area contributed by atoms with Crippen LogP contribution in [-0.2, 0) is 6.54 Å². The largest absolute Gasteiger partial charge is 0.326 e. The van der Waals surface area contributed by atoms with E-state index in [1.165, 1.54) is 0 Å². The molecule has 0 saturated carbocycles. The van der Waals surface area contributed by atoms with Crippen molar-refractivity contribution in [2.24, 2.45) is 0 Å². The molecule has 19 heavy (non-hydrogen) atoms. The Hall–Kier alpha value is -2.30. The monoisotopic (exact) mass is 256 g/mol. The van der Waals surface area contributed by atoms with Gasteiger partial charge in [0.1, 0.15) is 0 Å². The zero-order valence-corrected chi connectivity index (χ0v) is 11.0. The lowest BCUT2D eigenvalue weighted by atomic mass is 10.3. The third-order valence-corrected chi connectivity index (χ3v) is 3.21. The minimum atomic E-state index is -0.0847. The van der Waals surface area contributed by atoms with E-state index < -0.39 is 0 Å². The van der Waals surface area contributed by atoms with E-state index in [4.69, 9.17) is 0 Å². The number of fused-ring (bicyclic) bond motifs is 1. The van der Waals surface area contributed by atoms with Gasteiger partial charge in [-0.1, -0.05) is 12.1 Å². The molecular weight excluding hydrogens is 240 g/mol. The molecular formula is C14H16N4O. The van der Waals surface area contributed by atoms with E-state index >= 15 is 0 Å². The molecule has 3 aromatic rings. The van der Waals surface area contributed by atoms with Crippen LogP contribution in [0.4, 0.5) is 0 Å². The molecule has 98 valence electrons. The maximum atomic E-state index is 12.0. The van der Waals surface area contributed by atoms with E-state index in [1.807, 2.05) is 41.3 Å². The Kier molecular flexibility index (Phi) is 2.74. The second kappa shape index (κ2) is 4.42. The van der Waals surface area contributed by atoms with Gasteiger partial charge < -0.3 is 4.98 Å². The van der Waals surface area contributed by atoms with Crippen molar-refractivity contribution >= 4 is 11.0 Å². The fraction of sp³-hybridized carbons (Fsp3) is 0.286. The summed E-state index contributed by atoms with van der Waals surface area (Å²) in [5.74, 6) is 0. The predicted octanol–water partition coefficient (Wildman–Crippen LogP) is 2.16. The zero-order valence-electron chi connectivity index (χ0n) is 11.0. The number of nitrogens with zero attached hydrogens (tertiary/aromatic N) is 3. The highest BCUT2D eigenvalue weighted by Crippen LogP contribution is 2.12. The third kappa shape index (κ3) is 2.07. The SMILES string of the molecule is CC(C)n1cc(Cn2c(=O)[nH]c3ccccc32)cn1. The summed E-state index contributed by atoms with van der Waals surface area (Å²) in [6, 6.07) is 8.03. The molecule has 2 heterocycles. The van der Waals surface area contributed by atoms with E-state index in [1.54, 1.807) is 4.57 Å². The molecule has 0 unspecified atom stereocenters. The summed E-state index contributed by atoms with van der Waals surface area (Å²) in [5, 5.41) is 4.30. The average Bonchev–Trinajstić information content (AvgIpc) is 2.96. The molecule has 0 saturated heterocycles. The summed E-state index contributed by atoms with van der Waals surface area (Å²) in [5.41, 5.74) is 2.73. The second-order valence-corrected chi connectivity index (χ2v) is 4.96. The topological polar surface area (TPSA) is 55.6 Å². The summed E-state index contributed by atoms with van der Waals surface area (Å²) in [7, 11) is 0. The number of para-hydroxylation sites is 2. The van der Waals surface area contributed by atoms with Crippen molar-refractivity contribution in [1.82, 2.24) is 19.3 Å². The number of hydrogen-bond acceptors (Lipinski definition) is 2. The third-order valence-electron chi connectivity index (χ3n) is 3.21. The standard InChI is InChI=1S/C14H16N4O/c1-10(2)18-9-11(7-15-18)8-17-13-6-4-3-5-12(13)16-14(17)19/h3-7,9-10H,8H2,1-2H3,(H,16,19). The van der Waals surface area contributed by atoms with Crippen LogP contribution < -0.4 is 5.69 Å². The lowest BCUT2D eigenvalue weighted by molar-refractivity contribution is 0.532. The highest BCUT2D eigenvalue weighted by atomic mass is 16.1. The smallest absolute Gasteiger partial charge is 0.306 e. The molecule has 2 aromatic heterocycles. The van der Waals surface area contributed by atoms with Crippen LogP contribution in [0.25, 0.3) is 11.0 Å². The zero-order chi connectivity index (χ0) is 13.4. The number of benzene rings is 1. The molecule has 0 radical (unpaired) electrons. The van der Waals surface area contributed by atoms with Crippen molar-refractivity contribution in [3.8, 4) is 0 Å². The van der Waals surface area contributed by atoms with Crippen LogP contribution >= 0.6 is 0 Å². The highest BCUT2D eigenvalue weighted by molar-refractivity contribution is 5.74. The maximum absolute atomic E-state index is 12.0. The maximum Gasteiger partial charge on any atom is 0.326 e. The lowest BCUT2D eigenvalue weighted by Crippen LogP contribution is -2.17. The van der Waals surface area contributed by atoms with Gasteiger partial charge in [-0.3, -0.25) is 9.25 Å². The van der Waals surface area contributed by atoms with Gasteiger partial charge in [-0.2, -0.15) is 5.10 Å². The number of rotatable bonds is 3. The minimum Gasteiger partial charge on any atom is -0.306 e. The lowest BCUT2D eigenvalue weighted by Gasteiger charge is -2.03. The number of imidazole rings is 1. The van der Waals surface area contributed by atoms with Crippen LogP contribution in [0.15, 0.2) is 41.5 Å². The minimum absolute atomic E-state index is 0.0847. The molecule has 0 spiro atoms. The fourth-order valence-electron chi connectivity index (χ4n) is 2.19. The van der Waals surface area contributed by atoms with Crippen molar-refractivity contribution in [2.75, 3.05) is 0 Å². The van der Waals surface area contributed by atoms with Crippen molar-refractivity contribution < 1.29 is 0 Å². The molecule has 0 fully saturated rings. The van der Waals surface area contributed by atoms with Crippen molar-refractivity contribution in [3.63, 3.8) is 0 Å². The first-order chi connectivity index (χ1) is 9.15. The highest BCUT2D eigenvalue weighted by Gasteiger charge is 2.08. The Bertz CT molecular complexity index is 763. The Labute approximate surface area is 110 Å². The first-order valence-corrected chi connectivity index (χ1v) is 6.36. The fourth-order valence-corrected chi connectivity index (χ4v) is 2.19. The molecule has 0 aliphatic heterocycles. The van der Waals surface area contributed by atoms with E-state index in [0.717, 1.165) is 16.6 Å². The number of aromatic nitrogens is 4. The van der Waals surface area contributed by atoms with Crippen LogP contribution in [0.1, 0.15) is 25.5 Å². The first kappa shape index (κ1) is 11.8. The molecule has 5 nitrogen and oxygen atoms in total. The van der Waals surface area contributed by atoms with Crippen LogP contribution in [0.5, 0.6) is 0 Å².